The molecule has 0 aliphatic heterocycles. The van der Waals surface area contributed by atoms with E-state index in [1.807, 2.05) is 36.4 Å². The van der Waals surface area contributed by atoms with Crippen molar-refractivity contribution in [2.45, 2.75) is 12.8 Å². The van der Waals surface area contributed by atoms with Crippen LogP contribution in [0.4, 0.5) is 5.13 Å². The number of nitrogens with zero attached hydrogens (tertiary/aromatic N) is 2. The number of hydrogen-bond acceptors (Lipinski definition) is 5. The topological polar surface area (TPSA) is 57.5 Å². The number of phenolic OH excluding ortho intramolecular Hbond substituents is 1. The predicted molar refractivity (Wildman–Crippen MR) is 86.2 cm³/mol. The second-order valence-corrected chi connectivity index (χ2v) is 5.99. The van der Waals surface area contributed by atoms with Gasteiger partial charge in [-0.2, -0.15) is 5.10 Å². The number of aromatic nitrogens is 1. The van der Waals surface area contributed by atoms with Gasteiger partial charge in [0, 0.05) is 11.1 Å². The number of thiazole rings is 1. The molecule has 4 rings (SSSR count). The number of rotatable bonds is 2. The van der Waals surface area contributed by atoms with Crippen LogP contribution in [-0.2, 0) is 6.42 Å². The number of aromatic hydroxyl groups is 1. The minimum Gasteiger partial charge on any atom is -0.508 e. The van der Waals surface area contributed by atoms with E-state index in [0.29, 0.717) is 5.75 Å². The molecule has 1 aromatic heterocycles. The number of anilines is 1. The molecule has 1 aliphatic rings. The quantitative estimate of drug-likeness (QED) is 0.708. The molecule has 0 unspecified atom stereocenters. The van der Waals surface area contributed by atoms with Crippen LogP contribution in [0.5, 0.6) is 5.75 Å². The molecule has 2 aromatic carbocycles. The molecule has 21 heavy (non-hydrogen) atoms. The Balaban J connectivity index is 1.64. The third-order valence-electron chi connectivity index (χ3n) is 3.65. The first-order valence-electron chi connectivity index (χ1n) is 6.80. The van der Waals surface area contributed by atoms with Crippen molar-refractivity contribution in [3.63, 3.8) is 0 Å². The Kier molecular flexibility index (Phi) is 2.86. The number of phenols is 1. The van der Waals surface area contributed by atoms with Crippen molar-refractivity contribution in [1.82, 2.24) is 4.98 Å². The second kappa shape index (κ2) is 4.86. The summed E-state index contributed by atoms with van der Waals surface area (Å²) in [6.07, 6.45) is 1.67. The van der Waals surface area contributed by atoms with Crippen molar-refractivity contribution in [3.8, 4) is 5.75 Å². The average Bonchev–Trinajstić information content (AvgIpc) is 3.09. The molecule has 0 fully saturated rings. The van der Waals surface area contributed by atoms with E-state index in [-0.39, 0.29) is 0 Å². The van der Waals surface area contributed by atoms with Gasteiger partial charge in [-0.05, 0) is 31.0 Å². The van der Waals surface area contributed by atoms with E-state index in [1.54, 1.807) is 17.4 Å². The lowest BCUT2D eigenvalue weighted by Gasteiger charge is -2.02. The van der Waals surface area contributed by atoms with Crippen LogP contribution in [0.25, 0.3) is 10.2 Å². The molecule has 5 heteroatoms. The maximum absolute atomic E-state index is 9.84. The third-order valence-corrected chi connectivity index (χ3v) is 4.60. The minimum absolute atomic E-state index is 0.359. The highest BCUT2D eigenvalue weighted by molar-refractivity contribution is 7.22. The first-order valence-corrected chi connectivity index (χ1v) is 7.62. The average molecular weight is 295 g/mol. The van der Waals surface area contributed by atoms with Crippen LogP contribution in [0.15, 0.2) is 47.6 Å². The minimum atomic E-state index is 0.359. The SMILES string of the molecule is Oc1cccc2c1CCC2=NNc1nc2ccccc2s1. The van der Waals surface area contributed by atoms with Gasteiger partial charge in [0.25, 0.3) is 0 Å². The van der Waals surface area contributed by atoms with Crippen molar-refractivity contribution in [1.29, 1.82) is 0 Å². The zero-order chi connectivity index (χ0) is 14.2. The van der Waals surface area contributed by atoms with E-state index >= 15 is 0 Å². The molecule has 1 heterocycles. The summed E-state index contributed by atoms with van der Waals surface area (Å²) >= 11 is 1.59. The first-order chi connectivity index (χ1) is 10.3. The fourth-order valence-corrected chi connectivity index (χ4v) is 3.45. The molecule has 1 aliphatic carbocycles. The highest BCUT2D eigenvalue weighted by atomic mass is 32.1. The molecule has 0 saturated heterocycles. The molecule has 2 N–H and O–H groups in total. The van der Waals surface area contributed by atoms with E-state index in [0.717, 1.165) is 45.0 Å². The Bertz CT molecular complexity index is 821. The molecule has 0 bridgehead atoms. The summed E-state index contributed by atoms with van der Waals surface area (Å²) in [7, 11) is 0. The maximum atomic E-state index is 9.84. The first kappa shape index (κ1) is 12.3. The van der Waals surface area contributed by atoms with Gasteiger partial charge in [-0.25, -0.2) is 4.98 Å². The molecule has 0 atom stereocenters. The van der Waals surface area contributed by atoms with Gasteiger partial charge in [0.1, 0.15) is 5.75 Å². The van der Waals surface area contributed by atoms with Crippen LogP contribution in [0.2, 0.25) is 0 Å². The van der Waals surface area contributed by atoms with Gasteiger partial charge in [-0.3, -0.25) is 5.43 Å². The lowest BCUT2D eigenvalue weighted by atomic mass is 10.1. The van der Waals surface area contributed by atoms with Gasteiger partial charge < -0.3 is 5.11 Å². The summed E-state index contributed by atoms with van der Waals surface area (Å²) in [5.74, 6) is 0.359. The Morgan fingerprint density at radius 1 is 1.10 bits per heavy atom. The van der Waals surface area contributed by atoms with Crippen molar-refractivity contribution in [2.75, 3.05) is 5.43 Å². The maximum Gasteiger partial charge on any atom is 0.204 e. The number of hydrazone groups is 1. The molecule has 0 spiro atoms. The monoisotopic (exact) mass is 295 g/mol. The van der Waals surface area contributed by atoms with Gasteiger partial charge >= 0.3 is 0 Å². The standard InChI is InChI=1S/C16H13N3OS/c20-14-6-3-4-10-11(14)8-9-12(10)18-19-16-17-13-5-1-2-7-15(13)21-16/h1-7,20H,8-9H2,(H,17,19). The van der Waals surface area contributed by atoms with Gasteiger partial charge in [0.05, 0.1) is 15.9 Å². The molecular weight excluding hydrogens is 282 g/mol. The zero-order valence-electron chi connectivity index (χ0n) is 11.2. The summed E-state index contributed by atoms with van der Waals surface area (Å²) in [6.45, 7) is 0. The summed E-state index contributed by atoms with van der Waals surface area (Å²) in [4.78, 5) is 4.50. The summed E-state index contributed by atoms with van der Waals surface area (Å²) in [6, 6.07) is 13.6. The smallest absolute Gasteiger partial charge is 0.204 e. The van der Waals surface area contributed by atoms with Crippen LogP contribution in [0, 0.1) is 0 Å². The van der Waals surface area contributed by atoms with E-state index < -0.39 is 0 Å². The van der Waals surface area contributed by atoms with Gasteiger partial charge in [0.2, 0.25) is 5.13 Å². The molecule has 104 valence electrons. The number of benzene rings is 2. The highest BCUT2D eigenvalue weighted by Crippen LogP contribution is 2.30. The molecule has 0 radical (unpaired) electrons. The Morgan fingerprint density at radius 3 is 2.90 bits per heavy atom. The van der Waals surface area contributed by atoms with Crippen LogP contribution in [0.3, 0.4) is 0 Å². The molecule has 3 aromatic rings. The fourth-order valence-electron chi connectivity index (χ4n) is 2.64. The lowest BCUT2D eigenvalue weighted by Crippen LogP contribution is -1.99. The Hall–Kier alpha value is -2.40. The molecule has 0 saturated carbocycles. The van der Waals surface area contributed by atoms with E-state index in [9.17, 15) is 5.11 Å². The van der Waals surface area contributed by atoms with Crippen molar-refractivity contribution in [2.24, 2.45) is 5.10 Å². The molecule has 0 amide bonds. The third kappa shape index (κ3) is 2.15. The van der Waals surface area contributed by atoms with Gasteiger partial charge in [-0.1, -0.05) is 35.6 Å². The van der Waals surface area contributed by atoms with Crippen molar-refractivity contribution >= 4 is 32.4 Å². The fraction of sp³-hybridized carbons (Fsp3) is 0.125. The number of nitrogens with one attached hydrogen (secondary N) is 1. The predicted octanol–water partition coefficient (Wildman–Crippen LogP) is 3.76. The van der Waals surface area contributed by atoms with E-state index in [2.05, 4.69) is 15.5 Å². The number of para-hydroxylation sites is 1. The van der Waals surface area contributed by atoms with E-state index in [1.165, 1.54) is 0 Å². The molecular formula is C16H13N3OS. The Morgan fingerprint density at radius 2 is 2.00 bits per heavy atom. The second-order valence-electron chi connectivity index (χ2n) is 4.96. The van der Waals surface area contributed by atoms with Gasteiger partial charge in [0.15, 0.2) is 0 Å². The molecule has 4 nitrogen and oxygen atoms in total. The largest absolute Gasteiger partial charge is 0.508 e. The van der Waals surface area contributed by atoms with Crippen LogP contribution < -0.4 is 5.43 Å². The summed E-state index contributed by atoms with van der Waals surface area (Å²) in [5, 5.41) is 15.1. The summed E-state index contributed by atoms with van der Waals surface area (Å²) in [5.41, 5.74) is 7.02. The lowest BCUT2D eigenvalue weighted by molar-refractivity contribution is 0.469. The van der Waals surface area contributed by atoms with Crippen LogP contribution >= 0.6 is 11.3 Å². The van der Waals surface area contributed by atoms with Crippen molar-refractivity contribution in [3.05, 3.63) is 53.6 Å². The van der Waals surface area contributed by atoms with E-state index in [4.69, 9.17) is 0 Å². The zero-order valence-corrected chi connectivity index (χ0v) is 12.0. The van der Waals surface area contributed by atoms with Gasteiger partial charge in [-0.15, -0.1) is 0 Å². The summed E-state index contributed by atoms with van der Waals surface area (Å²) < 4.78 is 1.14. The number of fused-ring (bicyclic) bond motifs is 2. The van der Waals surface area contributed by atoms with Crippen molar-refractivity contribution < 1.29 is 5.11 Å². The van der Waals surface area contributed by atoms with Crippen LogP contribution in [-0.4, -0.2) is 15.8 Å². The normalized spacial score (nSPS) is 15.5. The Labute approximate surface area is 125 Å². The highest BCUT2D eigenvalue weighted by Gasteiger charge is 2.20. The van der Waals surface area contributed by atoms with Crippen LogP contribution in [0.1, 0.15) is 17.5 Å². The number of hydrogen-bond donors (Lipinski definition) is 2.